The van der Waals surface area contributed by atoms with Crippen molar-refractivity contribution < 1.29 is 5.11 Å². The number of aromatic nitrogens is 3. The predicted octanol–water partition coefficient (Wildman–Crippen LogP) is 1.72. The Labute approximate surface area is 144 Å². The van der Waals surface area contributed by atoms with E-state index >= 15 is 0 Å². The van der Waals surface area contributed by atoms with E-state index in [-0.39, 0.29) is 6.61 Å². The number of aryl methyl sites for hydroxylation is 1. The van der Waals surface area contributed by atoms with Crippen LogP contribution in [0.1, 0.15) is 5.82 Å². The minimum Gasteiger partial charge on any atom is -0.395 e. The molecule has 1 aliphatic rings. The second-order valence-electron chi connectivity index (χ2n) is 5.60. The summed E-state index contributed by atoms with van der Waals surface area (Å²) in [5.41, 5.74) is 1.86. The van der Waals surface area contributed by atoms with E-state index in [1.54, 1.807) is 6.20 Å². The number of piperazine rings is 1. The van der Waals surface area contributed by atoms with Gasteiger partial charge in [0.25, 0.3) is 0 Å². The molecule has 6 nitrogen and oxygen atoms in total. The van der Waals surface area contributed by atoms with Crippen LogP contribution in [0, 0.1) is 6.92 Å². The molecule has 1 saturated heterocycles. The number of β-amino-alcohol motifs (C(OH)–C–C–N with tert-alkyl or cyclic N) is 1. The van der Waals surface area contributed by atoms with Gasteiger partial charge >= 0.3 is 0 Å². The smallest absolute Gasteiger partial charge is 0.132 e. The number of nitrogens with zero attached hydrogens (tertiary/aromatic N) is 5. The Bertz CT molecular complexity index is 673. The molecule has 7 heteroatoms. The molecule has 0 spiro atoms. The molecular weight excluding hydrogens is 358 g/mol. The van der Waals surface area contributed by atoms with Crippen LogP contribution in [0.25, 0.3) is 11.3 Å². The molecule has 1 aliphatic heterocycles. The van der Waals surface area contributed by atoms with Crippen LogP contribution < -0.4 is 4.90 Å². The maximum Gasteiger partial charge on any atom is 0.132 e. The summed E-state index contributed by atoms with van der Waals surface area (Å²) in [6, 6.07) is 4.04. The first-order chi connectivity index (χ1) is 11.2. The Morgan fingerprint density at radius 2 is 1.91 bits per heavy atom. The number of aliphatic hydroxyl groups is 1. The fraction of sp³-hybridized carbons (Fsp3) is 0.438. The van der Waals surface area contributed by atoms with Gasteiger partial charge in [-0.25, -0.2) is 9.97 Å². The van der Waals surface area contributed by atoms with Crippen LogP contribution >= 0.6 is 15.9 Å². The lowest BCUT2D eigenvalue weighted by atomic mass is 10.2. The number of rotatable bonds is 4. The average molecular weight is 378 g/mol. The third-order valence-electron chi connectivity index (χ3n) is 3.94. The quantitative estimate of drug-likeness (QED) is 0.874. The fourth-order valence-electron chi connectivity index (χ4n) is 2.76. The fourth-order valence-corrected chi connectivity index (χ4v) is 3.12. The number of aliphatic hydroxyl groups excluding tert-OH is 1. The molecule has 0 atom stereocenters. The zero-order chi connectivity index (χ0) is 16.2. The van der Waals surface area contributed by atoms with E-state index in [1.807, 2.05) is 25.3 Å². The van der Waals surface area contributed by atoms with Gasteiger partial charge in [-0.2, -0.15) is 0 Å². The molecule has 0 amide bonds. The van der Waals surface area contributed by atoms with E-state index in [2.05, 4.69) is 40.7 Å². The predicted molar refractivity (Wildman–Crippen MR) is 93.4 cm³/mol. The van der Waals surface area contributed by atoms with Gasteiger partial charge < -0.3 is 10.0 Å². The van der Waals surface area contributed by atoms with E-state index in [0.29, 0.717) is 0 Å². The molecule has 2 aromatic heterocycles. The molecule has 0 saturated carbocycles. The van der Waals surface area contributed by atoms with Crippen molar-refractivity contribution in [3.05, 3.63) is 34.8 Å². The topological polar surface area (TPSA) is 65.4 Å². The summed E-state index contributed by atoms with van der Waals surface area (Å²) >= 11 is 3.45. The molecular formula is C16H20BrN5O. The normalized spacial score (nSPS) is 15.9. The summed E-state index contributed by atoms with van der Waals surface area (Å²) in [5.74, 6) is 1.71. The van der Waals surface area contributed by atoms with Gasteiger partial charge in [-0.05, 0) is 28.9 Å². The van der Waals surface area contributed by atoms with Crippen LogP contribution in [0.2, 0.25) is 0 Å². The van der Waals surface area contributed by atoms with E-state index in [4.69, 9.17) is 5.11 Å². The van der Waals surface area contributed by atoms with Gasteiger partial charge in [0.05, 0.1) is 12.3 Å². The molecule has 2 aromatic rings. The van der Waals surface area contributed by atoms with Crippen LogP contribution in [0.5, 0.6) is 0 Å². The lowest BCUT2D eigenvalue weighted by Gasteiger charge is -2.35. The van der Waals surface area contributed by atoms with Crippen LogP contribution in [0.15, 0.2) is 29.0 Å². The zero-order valence-electron chi connectivity index (χ0n) is 13.1. The SMILES string of the molecule is Cc1nc(-c2cncc(Br)c2)cc(N2CCN(CCO)CC2)n1. The van der Waals surface area contributed by atoms with Crippen molar-refractivity contribution >= 4 is 21.7 Å². The number of pyridine rings is 1. The third-order valence-corrected chi connectivity index (χ3v) is 4.37. The first kappa shape index (κ1) is 16.3. The molecule has 23 heavy (non-hydrogen) atoms. The maximum atomic E-state index is 9.04. The summed E-state index contributed by atoms with van der Waals surface area (Å²) in [4.78, 5) is 17.9. The number of anilines is 1. The second-order valence-corrected chi connectivity index (χ2v) is 6.52. The molecule has 0 unspecified atom stereocenters. The Balaban J connectivity index is 1.81. The van der Waals surface area contributed by atoms with Crippen molar-refractivity contribution in [3.8, 4) is 11.3 Å². The molecule has 0 aromatic carbocycles. The standard InChI is InChI=1S/C16H20BrN5O/c1-12-19-15(13-8-14(17)11-18-10-13)9-16(20-12)22-4-2-21(3-5-22)6-7-23/h8-11,23H,2-7H2,1H3. The van der Waals surface area contributed by atoms with Gasteiger partial charge in [-0.1, -0.05) is 0 Å². The molecule has 0 bridgehead atoms. The second kappa shape index (κ2) is 7.33. The van der Waals surface area contributed by atoms with Crippen LogP contribution in [0.4, 0.5) is 5.82 Å². The molecule has 1 fully saturated rings. The van der Waals surface area contributed by atoms with Crippen LogP contribution in [-0.2, 0) is 0 Å². The van der Waals surface area contributed by atoms with E-state index in [1.165, 1.54) is 0 Å². The van der Waals surface area contributed by atoms with Crippen LogP contribution in [0.3, 0.4) is 0 Å². The molecule has 3 rings (SSSR count). The van der Waals surface area contributed by atoms with Crippen LogP contribution in [-0.4, -0.2) is 64.3 Å². The van der Waals surface area contributed by atoms with Crippen molar-refractivity contribution in [3.63, 3.8) is 0 Å². The highest BCUT2D eigenvalue weighted by molar-refractivity contribution is 9.10. The van der Waals surface area contributed by atoms with Crippen molar-refractivity contribution in [2.45, 2.75) is 6.92 Å². The third kappa shape index (κ3) is 4.04. The highest BCUT2D eigenvalue weighted by Crippen LogP contribution is 2.24. The Morgan fingerprint density at radius 1 is 1.13 bits per heavy atom. The highest BCUT2D eigenvalue weighted by atomic mass is 79.9. The summed E-state index contributed by atoms with van der Waals surface area (Å²) in [7, 11) is 0. The Hall–Kier alpha value is -1.57. The Morgan fingerprint density at radius 3 is 2.61 bits per heavy atom. The molecule has 3 heterocycles. The monoisotopic (exact) mass is 377 g/mol. The lowest BCUT2D eigenvalue weighted by Crippen LogP contribution is -2.47. The minimum atomic E-state index is 0.215. The summed E-state index contributed by atoms with van der Waals surface area (Å²) < 4.78 is 0.936. The van der Waals surface area contributed by atoms with Crippen molar-refractivity contribution in [1.82, 2.24) is 19.9 Å². The van der Waals surface area contributed by atoms with Gasteiger partial charge in [0.2, 0.25) is 0 Å². The molecule has 1 N–H and O–H groups in total. The van der Waals surface area contributed by atoms with Gasteiger partial charge in [0.15, 0.2) is 0 Å². The van der Waals surface area contributed by atoms with Gasteiger partial charge in [-0.15, -0.1) is 0 Å². The largest absolute Gasteiger partial charge is 0.395 e. The van der Waals surface area contributed by atoms with Gasteiger partial charge in [-0.3, -0.25) is 9.88 Å². The molecule has 0 radical (unpaired) electrons. The van der Waals surface area contributed by atoms with E-state index in [0.717, 1.165) is 60.1 Å². The van der Waals surface area contributed by atoms with Gasteiger partial charge in [0.1, 0.15) is 11.6 Å². The van der Waals surface area contributed by atoms with Gasteiger partial charge in [0, 0.05) is 61.2 Å². The average Bonchev–Trinajstić information content (AvgIpc) is 2.55. The van der Waals surface area contributed by atoms with Crippen molar-refractivity contribution in [1.29, 1.82) is 0 Å². The molecule has 0 aliphatic carbocycles. The number of hydrogen-bond acceptors (Lipinski definition) is 6. The number of halogens is 1. The number of hydrogen-bond donors (Lipinski definition) is 1. The first-order valence-electron chi connectivity index (χ1n) is 7.70. The van der Waals surface area contributed by atoms with E-state index in [9.17, 15) is 0 Å². The van der Waals surface area contributed by atoms with E-state index < -0.39 is 0 Å². The molecule has 122 valence electrons. The zero-order valence-corrected chi connectivity index (χ0v) is 14.7. The van der Waals surface area contributed by atoms with Crippen molar-refractivity contribution in [2.24, 2.45) is 0 Å². The lowest BCUT2D eigenvalue weighted by molar-refractivity contribution is 0.188. The minimum absolute atomic E-state index is 0.215. The summed E-state index contributed by atoms with van der Waals surface area (Å²) in [6.07, 6.45) is 3.58. The summed E-state index contributed by atoms with van der Waals surface area (Å²) in [6.45, 7) is 6.58. The first-order valence-corrected chi connectivity index (χ1v) is 8.50. The highest BCUT2D eigenvalue weighted by Gasteiger charge is 2.18. The maximum absolute atomic E-state index is 9.04. The Kier molecular flexibility index (Phi) is 5.20. The summed E-state index contributed by atoms with van der Waals surface area (Å²) in [5, 5.41) is 9.04. The van der Waals surface area contributed by atoms with Crippen molar-refractivity contribution in [2.75, 3.05) is 44.2 Å².